The fourth-order valence-corrected chi connectivity index (χ4v) is 6.32. The van der Waals surface area contributed by atoms with E-state index < -0.39 is 0 Å². The Balaban J connectivity index is 1.84. The van der Waals surface area contributed by atoms with Gasteiger partial charge in [0.25, 0.3) is 0 Å². The first-order valence-electron chi connectivity index (χ1n) is 12.9. The van der Waals surface area contributed by atoms with E-state index in [2.05, 4.69) is 103 Å². The second-order valence-electron chi connectivity index (χ2n) is 10.1. The van der Waals surface area contributed by atoms with Crippen LogP contribution < -0.4 is 0 Å². The minimum absolute atomic E-state index is 0.394. The molecule has 0 saturated heterocycles. The Morgan fingerprint density at radius 2 is 1.73 bits per heavy atom. The smallest absolute Gasteiger partial charge is 0.0168 e. The highest BCUT2D eigenvalue weighted by Crippen LogP contribution is 2.55. The topological polar surface area (TPSA) is 0 Å². The highest BCUT2D eigenvalue weighted by Gasteiger charge is 2.43. The van der Waals surface area contributed by atoms with E-state index in [1.807, 2.05) is 0 Å². The number of hydrogen-bond donors (Lipinski definition) is 0. The van der Waals surface area contributed by atoms with Crippen molar-refractivity contribution in [1.29, 1.82) is 0 Å². The number of hydrogen-bond acceptors (Lipinski definition) is 0. The Morgan fingerprint density at radius 1 is 1.00 bits per heavy atom. The van der Waals surface area contributed by atoms with Gasteiger partial charge in [-0.1, -0.05) is 106 Å². The van der Waals surface area contributed by atoms with Gasteiger partial charge >= 0.3 is 0 Å². The molecule has 0 amide bonds. The summed E-state index contributed by atoms with van der Waals surface area (Å²) in [6.45, 7) is 18.2. The van der Waals surface area contributed by atoms with Crippen LogP contribution in [0, 0.1) is 11.8 Å². The highest BCUT2D eigenvalue weighted by atomic mass is 14.5. The lowest BCUT2D eigenvalue weighted by Crippen LogP contribution is -2.24. The van der Waals surface area contributed by atoms with Crippen molar-refractivity contribution < 1.29 is 0 Å². The molecule has 0 heterocycles. The van der Waals surface area contributed by atoms with Crippen LogP contribution in [0.2, 0.25) is 0 Å². The number of allylic oxidation sites excluding steroid dienone is 6. The number of aryl methyl sites for hydroxylation is 3. The van der Waals surface area contributed by atoms with Gasteiger partial charge in [-0.3, -0.25) is 0 Å². The van der Waals surface area contributed by atoms with E-state index in [-0.39, 0.29) is 0 Å². The van der Waals surface area contributed by atoms with Gasteiger partial charge < -0.3 is 0 Å². The molecule has 3 atom stereocenters. The molecule has 4 rings (SSSR count). The zero-order chi connectivity index (χ0) is 23.7. The second kappa shape index (κ2) is 9.72. The molecule has 3 unspecified atom stereocenters. The molecular weight excluding hydrogens is 396 g/mol. The van der Waals surface area contributed by atoms with Crippen LogP contribution in [0.3, 0.4) is 0 Å². The van der Waals surface area contributed by atoms with Gasteiger partial charge in [0.1, 0.15) is 0 Å². The fourth-order valence-electron chi connectivity index (χ4n) is 6.32. The van der Waals surface area contributed by atoms with Crippen molar-refractivity contribution in [2.24, 2.45) is 11.8 Å². The molecule has 2 aliphatic carbocycles. The van der Waals surface area contributed by atoms with Crippen molar-refractivity contribution in [1.82, 2.24) is 0 Å². The van der Waals surface area contributed by atoms with Crippen LogP contribution in [-0.2, 0) is 19.3 Å². The molecule has 2 aromatic rings. The molecule has 0 aromatic heterocycles. The lowest BCUT2D eigenvalue weighted by Gasteiger charge is -2.36. The van der Waals surface area contributed by atoms with Crippen molar-refractivity contribution in [2.45, 2.75) is 73.1 Å². The van der Waals surface area contributed by atoms with Crippen molar-refractivity contribution in [2.75, 3.05) is 0 Å². The molecule has 0 bridgehead atoms. The zero-order valence-corrected chi connectivity index (χ0v) is 21.5. The van der Waals surface area contributed by atoms with Gasteiger partial charge in [-0.2, -0.15) is 0 Å². The van der Waals surface area contributed by atoms with Crippen LogP contribution in [0.4, 0.5) is 0 Å². The molecule has 1 fully saturated rings. The molecule has 1 saturated carbocycles. The maximum Gasteiger partial charge on any atom is 0.0168 e. The van der Waals surface area contributed by atoms with E-state index in [1.54, 1.807) is 11.1 Å². The van der Waals surface area contributed by atoms with Gasteiger partial charge in [0.2, 0.25) is 0 Å². The first kappa shape index (κ1) is 23.6. The average molecular weight is 437 g/mol. The van der Waals surface area contributed by atoms with E-state index in [9.17, 15) is 0 Å². The van der Waals surface area contributed by atoms with E-state index in [0.29, 0.717) is 17.8 Å². The van der Waals surface area contributed by atoms with Gasteiger partial charge in [0.05, 0.1) is 0 Å². The monoisotopic (exact) mass is 436 g/mol. The zero-order valence-electron chi connectivity index (χ0n) is 21.5. The Labute approximate surface area is 201 Å². The van der Waals surface area contributed by atoms with E-state index >= 15 is 0 Å². The SMILES string of the molecule is C=C(C)C1=C(C)C=C2C/C(=C\c3ccccc3CC)C(C)C2C1c1ccc(CC)cc1CC. The van der Waals surface area contributed by atoms with Crippen molar-refractivity contribution in [3.05, 3.63) is 111 Å². The summed E-state index contributed by atoms with van der Waals surface area (Å²) in [4.78, 5) is 0. The average Bonchev–Trinajstić information content (AvgIpc) is 3.12. The number of rotatable bonds is 6. The molecule has 0 radical (unpaired) electrons. The number of fused-ring (bicyclic) bond motifs is 1. The summed E-state index contributed by atoms with van der Waals surface area (Å²) in [5, 5.41) is 0. The molecule has 0 heteroatoms. The summed E-state index contributed by atoms with van der Waals surface area (Å²) >= 11 is 0. The van der Waals surface area contributed by atoms with Crippen LogP contribution in [0.25, 0.3) is 6.08 Å². The van der Waals surface area contributed by atoms with Crippen LogP contribution >= 0.6 is 0 Å². The van der Waals surface area contributed by atoms with Crippen LogP contribution in [-0.4, -0.2) is 0 Å². The third-order valence-electron chi connectivity index (χ3n) is 8.03. The molecule has 0 nitrogen and oxygen atoms in total. The summed E-state index contributed by atoms with van der Waals surface area (Å²) in [5.74, 6) is 1.42. The molecule has 2 aromatic carbocycles. The highest BCUT2D eigenvalue weighted by molar-refractivity contribution is 5.62. The normalized spacial score (nSPS) is 23.6. The maximum atomic E-state index is 4.44. The third-order valence-corrected chi connectivity index (χ3v) is 8.03. The third kappa shape index (κ3) is 4.33. The second-order valence-corrected chi connectivity index (χ2v) is 10.1. The quantitative estimate of drug-likeness (QED) is 0.424. The standard InChI is InChI=1S/C33H40/c1-8-24-15-16-30(26(10-3)18-24)33-31(21(4)5)22(6)17-29-20-28(23(7)32(29)33)19-27-14-12-11-13-25(27)9-2/h11-19,23,32-33H,4,8-10,20H2,1-3,5-7H3/b28-19+. The Kier molecular flexibility index (Phi) is 6.94. The van der Waals surface area contributed by atoms with Crippen LogP contribution in [0.1, 0.15) is 81.7 Å². The molecule has 0 aliphatic heterocycles. The van der Waals surface area contributed by atoms with E-state index in [4.69, 9.17) is 0 Å². The van der Waals surface area contributed by atoms with E-state index in [0.717, 1.165) is 25.7 Å². The summed E-state index contributed by atoms with van der Waals surface area (Å²) in [6, 6.07) is 16.1. The van der Waals surface area contributed by atoms with Crippen molar-refractivity contribution >= 4 is 6.08 Å². The summed E-state index contributed by atoms with van der Waals surface area (Å²) in [6.07, 6.45) is 9.32. The van der Waals surface area contributed by atoms with E-state index in [1.165, 1.54) is 44.5 Å². The van der Waals surface area contributed by atoms with Gasteiger partial charge in [-0.25, -0.2) is 0 Å². The van der Waals surface area contributed by atoms with Gasteiger partial charge in [0.15, 0.2) is 0 Å². The molecule has 33 heavy (non-hydrogen) atoms. The fraction of sp³-hybridized carbons (Fsp3) is 0.394. The van der Waals surface area contributed by atoms with Crippen molar-refractivity contribution in [3.63, 3.8) is 0 Å². The molecule has 0 N–H and O–H groups in total. The van der Waals surface area contributed by atoms with Gasteiger partial charge in [-0.15, -0.1) is 0 Å². The minimum Gasteiger partial charge on any atom is -0.0958 e. The van der Waals surface area contributed by atoms with Crippen LogP contribution in [0.15, 0.2) is 83.0 Å². The molecule has 2 aliphatic rings. The maximum absolute atomic E-state index is 4.44. The first-order valence-corrected chi connectivity index (χ1v) is 12.9. The summed E-state index contributed by atoms with van der Waals surface area (Å²) in [5.41, 5.74) is 14.6. The summed E-state index contributed by atoms with van der Waals surface area (Å²) in [7, 11) is 0. The van der Waals surface area contributed by atoms with Gasteiger partial charge in [0, 0.05) is 5.92 Å². The molecule has 0 spiro atoms. The largest absolute Gasteiger partial charge is 0.0958 e. The first-order chi connectivity index (χ1) is 15.9. The predicted octanol–water partition coefficient (Wildman–Crippen LogP) is 9.03. The molecule has 172 valence electrons. The predicted molar refractivity (Wildman–Crippen MR) is 145 cm³/mol. The lowest BCUT2D eigenvalue weighted by atomic mass is 9.67. The Bertz CT molecular complexity index is 1150. The summed E-state index contributed by atoms with van der Waals surface area (Å²) < 4.78 is 0. The van der Waals surface area contributed by atoms with Gasteiger partial charge in [-0.05, 0) is 90.3 Å². The Hall–Kier alpha value is -2.60. The van der Waals surface area contributed by atoms with Crippen LogP contribution in [0.5, 0.6) is 0 Å². The van der Waals surface area contributed by atoms with Crippen molar-refractivity contribution in [3.8, 4) is 0 Å². The Morgan fingerprint density at radius 3 is 2.39 bits per heavy atom. The lowest BCUT2D eigenvalue weighted by molar-refractivity contribution is 0.448. The molecular formula is C33H40. The number of benzene rings is 2. The minimum atomic E-state index is 0.394.